The number of nitrogens with zero attached hydrogens (tertiary/aromatic N) is 2. The highest BCUT2D eigenvalue weighted by Crippen LogP contribution is 2.38. The second-order valence-electron chi connectivity index (χ2n) is 4.47. The number of aromatic nitrogens is 2. The third-order valence-corrected chi connectivity index (χ3v) is 3.41. The normalized spacial score (nSPS) is 22.5. The van der Waals surface area contributed by atoms with Gasteiger partial charge in [0.15, 0.2) is 0 Å². The quantitative estimate of drug-likeness (QED) is 0.809. The average molecular weight is 256 g/mol. The first-order valence-electron chi connectivity index (χ1n) is 5.84. The zero-order valence-corrected chi connectivity index (χ0v) is 10.2. The number of ketones is 1. The molecule has 1 aromatic heterocycles. The van der Waals surface area contributed by atoms with Crippen LogP contribution in [0.2, 0.25) is 0 Å². The monoisotopic (exact) mass is 256 g/mol. The van der Waals surface area contributed by atoms with Crippen molar-refractivity contribution in [2.24, 2.45) is 0 Å². The zero-order chi connectivity index (χ0) is 13.6. The maximum absolute atomic E-state index is 12.4. The number of hydrogen-bond donors (Lipinski definition) is 2. The van der Waals surface area contributed by atoms with Crippen LogP contribution in [0.3, 0.4) is 0 Å². The van der Waals surface area contributed by atoms with E-state index in [4.69, 9.17) is 0 Å². The summed E-state index contributed by atoms with van der Waals surface area (Å²) in [5, 5.41) is 24.9. The highest BCUT2D eigenvalue weighted by Gasteiger charge is 2.47. The van der Waals surface area contributed by atoms with Crippen molar-refractivity contribution in [3.8, 4) is 0 Å². The predicted octanol–water partition coefficient (Wildman–Crippen LogP) is 1.45. The first-order valence-corrected chi connectivity index (χ1v) is 5.84. The van der Waals surface area contributed by atoms with Crippen LogP contribution in [0, 0.1) is 0 Å². The minimum atomic E-state index is -1.91. The Labute approximate surface area is 109 Å². The Hall–Kier alpha value is -2.40. The average Bonchev–Trinajstić information content (AvgIpc) is 2.97. The van der Waals surface area contributed by atoms with Crippen LogP contribution in [0.15, 0.2) is 48.3 Å². The van der Waals surface area contributed by atoms with E-state index in [9.17, 15) is 15.0 Å². The van der Waals surface area contributed by atoms with Crippen LogP contribution in [0.4, 0.5) is 0 Å². The van der Waals surface area contributed by atoms with E-state index in [0.29, 0.717) is 11.1 Å². The SMILES string of the molecule is CC1=C(O)c2ccccc2[C@@](O)(n2cccn2)C1=O. The number of Topliss-reactive ketones (excluding diaryl/α,β-unsaturated/α-hetero) is 1. The van der Waals surface area contributed by atoms with Gasteiger partial charge < -0.3 is 10.2 Å². The maximum Gasteiger partial charge on any atom is 0.249 e. The smallest absolute Gasteiger partial charge is 0.249 e. The van der Waals surface area contributed by atoms with Crippen molar-refractivity contribution in [2.75, 3.05) is 0 Å². The molecule has 1 aliphatic rings. The van der Waals surface area contributed by atoms with E-state index in [1.54, 1.807) is 30.3 Å². The van der Waals surface area contributed by atoms with Crippen LogP contribution in [0.5, 0.6) is 0 Å². The molecule has 3 rings (SSSR count). The Kier molecular flexibility index (Phi) is 2.33. The van der Waals surface area contributed by atoms with Crippen molar-refractivity contribution in [3.63, 3.8) is 0 Å². The van der Waals surface area contributed by atoms with Crippen molar-refractivity contribution < 1.29 is 15.0 Å². The van der Waals surface area contributed by atoms with Gasteiger partial charge >= 0.3 is 0 Å². The Morgan fingerprint density at radius 1 is 1.26 bits per heavy atom. The fourth-order valence-corrected chi connectivity index (χ4v) is 2.37. The standard InChI is InChI=1S/C14H12N2O3/c1-9-12(17)10-5-2-3-6-11(10)14(19,13(9)18)16-8-4-7-15-16/h2-8,17,19H,1H3/t14-/m0/s1. The maximum atomic E-state index is 12.4. The molecule has 1 aliphatic carbocycles. The van der Waals surface area contributed by atoms with Gasteiger partial charge in [-0.05, 0) is 13.0 Å². The molecule has 1 heterocycles. The molecule has 5 nitrogen and oxygen atoms in total. The molecular formula is C14H12N2O3. The minimum absolute atomic E-state index is 0.0996. The fourth-order valence-electron chi connectivity index (χ4n) is 2.37. The van der Waals surface area contributed by atoms with Crippen molar-refractivity contribution in [2.45, 2.75) is 12.6 Å². The summed E-state index contributed by atoms with van der Waals surface area (Å²) in [4.78, 5) is 12.4. The van der Waals surface area contributed by atoms with Crippen LogP contribution in [-0.4, -0.2) is 25.8 Å². The predicted molar refractivity (Wildman–Crippen MR) is 68.2 cm³/mol. The zero-order valence-electron chi connectivity index (χ0n) is 10.2. The molecule has 0 amide bonds. The van der Waals surface area contributed by atoms with Crippen LogP contribution in [-0.2, 0) is 10.5 Å². The molecule has 2 N–H and O–H groups in total. The lowest BCUT2D eigenvalue weighted by atomic mass is 9.83. The molecule has 0 saturated carbocycles. The topological polar surface area (TPSA) is 75.3 Å². The summed E-state index contributed by atoms with van der Waals surface area (Å²) in [5.41, 5.74) is -1.02. The van der Waals surface area contributed by atoms with Gasteiger partial charge in [-0.15, -0.1) is 0 Å². The van der Waals surface area contributed by atoms with E-state index in [1.165, 1.54) is 24.0 Å². The van der Waals surface area contributed by atoms with E-state index >= 15 is 0 Å². The lowest BCUT2D eigenvalue weighted by molar-refractivity contribution is -0.139. The number of carbonyl (C=O) groups excluding carboxylic acids is 1. The second-order valence-corrected chi connectivity index (χ2v) is 4.47. The first-order chi connectivity index (χ1) is 9.06. The van der Waals surface area contributed by atoms with Crippen LogP contribution in [0.1, 0.15) is 18.1 Å². The molecule has 1 aromatic carbocycles. The Morgan fingerprint density at radius 3 is 2.68 bits per heavy atom. The number of rotatable bonds is 1. The van der Waals surface area contributed by atoms with Crippen LogP contribution in [0.25, 0.3) is 5.76 Å². The third-order valence-electron chi connectivity index (χ3n) is 3.41. The van der Waals surface area contributed by atoms with Crippen molar-refractivity contribution in [3.05, 3.63) is 59.4 Å². The second kappa shape index (κ2) is 3.80. The largest absolute Gasteiger partial charge is 0.507 e. The van der Waals surface area contributed by atoms with Gasteiger partial charge in [-0.25, -0.2) is 4.68 Å². The molecule has 19 heavy (non-hydrogen) atoms. The summed E-state index contributed by atoms with van der Waals surface area (Å²) in [6.07, 6.45) is 3.01. The number of aliphatic hydroxyl groups is 2. The minimum Gasteiger partial charge on any atom is -0.507 e. The van der Waals surface area contributed by atoms with Gasteiger partial charge in [-0.3, -0.25) is 4.79 Å². The molecule has 0 fully saturated rings. The summed E-state index contributed by atoms with van der Waals surface area (Å²) >= 11 is 0. The fraction of sp³-hybridized carbons (Fsp3) is 0.143. The highest BCUT2D eigenvalue weighted by atomic mass is 16.3. The van der Waals surface area contributed by atoms with Gasteiger partial charge in [0.2, 0.25) is 11.5 Å². The van der Waals surface area contributed by atoms with E-state index < -0.39 is 11.5 Å². The number of carbonyl (C=O) groups is 1. The molecule has 5 heteroatoms. The van der Waals surface area contributed by atoms with Gasteiger partial charge in [0, 0.05) is 29.1 Å². The molecule has 0 saturated heterocycles. The molecule has 96 valence electrons. The lowest BCUT2D eigenvalue weighted by Crippen LogP contribution is -2.46. The first kappa shape index (κ1) is 11.7. The highest BCUT2D eigenvalue weighted by molar-refractivity contribution is 6.09. The molecule has 0 bridgehead atoms. The lowest BCUT2D eigenvalue weighted by Gasteiger charge is -2.33. The van der Waals surface area contributed by atoms with Crippen molar-refractivity contribution in [1.29, 1.82) is 0 Å². The van der Waals surface area contributed by atoms with Gasteiger partial charge in [0.25, 0.3) is 0 Å². The van der Waals surface area contributed by atoms with E-state index in [2.05, 4.69) is 5.10 Å². The van der Waals surface area contributed by atoms with E-state index in [1.807, 2.05) is 0 Å². The van der Waals surface area contributed by atoms with Gasteiger partial charge in [-0.1, -0.05) is 24.3 Å². The molecule has 1 atom stereocenters. The molecule has 2 aromatic rings. The Balaban J connectivity index is 2.36. The summed E-state index contributed by atoms with van der Waals surface area (Å²) in [7, 11) is 0. The Bertz CT molecular complexity index is 688. The third kappa shape index (κ3) is 1.39. The van der Waals surface area contributed by atoms with Crippen LogP contribution < -0.4 is 0 Å². The van der Waals surface area contributed by atoms with Gasteiger partial charge in [0.05, 0.1) is 0 Å². The number of aliphatic hydroxyl groups excluding tert-OH is 1. The van der Waals surface area contributed by atoms with E-state index in [-0.39, 0.29) is 11.3 Å². The van der Waals surface area contributed by atoms with E-state index in [0.717, 1.165) is 0 Å². The number of hydrogen-bond acceptors (Lipinski definition) is 4. The summed E-state index contributed by atoms with van der Waals surface area (Å²) < 4.78 is 1.20. The molecule has 0 radical (unpaired) electrons. The Morgan fingerprint density at radius 2 is 2.00 bits per heavy atom. The molecule has 0 unspecified atom stereocenters. The number of fused-ring (bicyclic) bond motifs is 1. The summed E-state index contributed by atoms with van der Waals surface area (Å²) in [6, 6.07) is 8.34. The van der Waals surface area contributed by atoms with Crippen molar-refractivity contribution in [1.82, 2.24) is 9.78 Å². The summed E-state index contributed by atoms with van der Waals surface area (Å²) in [5.74, 6) is -0.676. The molecule has 0 aliphatic heterocycles. The molecular weight excluding hydrogens is 244 g/mol. The van der Waals surface area contributed by atoms with Crippen LogP contribution >= 0.6 is 0 Å². The number of benzene rings is 1. The molecule has 0 spiro atoms. The van der Waals surface area contributed by atoms with Crippen molar-refractivity contribution >= 4 is 11.5 Å². The van der Waals surface area contributed by atoms with Gasteiger partial charge in [0.1, 0.15) is 5.76 Å². The van der Waals surface area contributed by atoms with Gasteiger partial charge in [-0.2, -0.15) is 5.10 Å². The summed E-state index contributed by atoms with van der Waals surface area (Å²) in [6.45, 7) is 1.49.